The van der Waals surface area contributed by atoms with Crippen LogP contribution in [0, 0.1) is 24.7 Å². The topological polar surface area (TPSA) is 97.1 Å². The number of rotatable bonds is 8. The van der Waals surface area contributed by atoms with Crippen LogP contribution in [0.2, 0.25) is 10.0 Å². The van der Waals surface area contributed by atoms with Gasteiger partial charge in [0.05, 0.1) is 24.0 Å². The molecule has 2 atom stereocenters. The second kappa shape index (κ2) is 13.6. The SMILES string of the molecule is Cc1cn(C23CC(Cc4nc5n(n4)CCCC[C@@H]5c4ccc(Cl)cc4)(C2)C3)cn1.Cc1cn(C23CC(Cc4nc5n(n4)CCCC[C@H]5c4ccc(Cl)cc4)(C2)C3)cn1. The van der Waals surface area contributed by atoms with E-state index in [1.807, 2.05) is 36.9 Å². The van der Waals surface area contributed by atoms with Gasteiger partial charge in [0.15, 0.2) is 11.6 Å². The molecule has 0 saturated heterocycles. The highest BCUT2D eigenvalue weighted by Gasteiger charge is 2.69. The van der Waals surface area contributed by atoms with E-state index in [4.69, 9.17) is 43.4 Å². The number of halogens is 2. The predicted octanol–water partition coefficient (Wildman–Crippen LogP) is 9.75. The van der Waals surface area contributed by atoms with Crippen LogP contribution in [0.15, 0.2) is 73.6 Å². The maximum absolute atomic E-state index is 6.10. The van der Waals surface area contributed by atoms with Gasteiger partial charge >= 0.3 is 0 Å². The second-order valence-electron chi connectivity index (χ2n) is 19.1. The van der Waals surface area contributed by atoms with Gasteiger partial charge < -0.3 is 9.13 Å². The van der Waals surface area contributed by atoms with Crippen molar-refractivity contribution >= 4 is 23.2 Å². The Labute approximate surface area is 350 Å². The summed E-state index contributed by atoms with van der Waals surface area (Å²) in [5.74, 6) is 5.01. The number of imidazole rings is 2. The standard InChI is InChI=1S/2C23H26ClN5/c2*1-16-11-28(15-25-16)23-12-22(13-23,14-23)10-20-26-21-19(4-2-3-9-29(21)27-20)17-5-7-18(24)8-6-17/h2*5-8,11,15,19H,2-4,9-10,12-14H2,1H3/t2*19-,22?,23?/m10/s1. The van der Waals surface area contributed by atoms with Crippen LogP contribution in [0.1, 0.15) is 135 Å². The summed E-state index contributed by atoms with van der Waals surface area (Å²) in [6.07, 6.45) is 24.9. The Kier molecular flexibility index (Phi) is 8.64. The number of aryl methyl sites for hydroxylation is 4. The number of benzene rings is 2. The van der Waals surface area contributed by atoms with E-state index in [1.54, 1.807) is 0 Å². The van der Waals surface area contributed by atoms with Crippen molar-refractivity contribution in [3.63, 3.8) is 0 Å². The lowest BCUT2D eigenvalue weighted by atomic mass is 9.38. The van der Waals surface area contributed by atoms with E-state index in [2.05, 4.69) is 79.0 Å². The van der Waals surface area contributed by atoms with Gasteiger partial charge in [0.1, 0.15) is 11.6 Å². The molecular formula is C46H52Cl2N10. The molecule has 8 aliphatic rings. The molecule has 6 saturated carbocycles. The molecule has 2 aliphatic heterocycles. The summed E-state index contributed by atoms with van der Waals surface area (Å²) in [4.78, 5) is 19.0. The summed E-state index contributed by atoms with van der Waals surface area (Å²) < 4.78 is 9.05. The molecule has 0 N–H and O–H groups in total. The largest absolute Gasteiger partial charge is 0.331 e. The van der Waals surface area contributed by atoms with Crippen molar-refractivity contribution in [2.45, 2.75) is 140 Å². The minimum absolute atomic E-state index is 0.323. The van der Waals surface area contributed by atoms with Gasteiger partial charge in [-0.05, 0) is 124 Å². The number of nitrogens with zero attached hydrogens (tertiary/aromatic N) is 10. The quantitative estimate of drug-likeness (QED) is 0.152. The molecule has 14 rings (SSSR count). The zero-order valence-corrected chi connectivity index (χ0v) is 35.1. The number of hydrogen-bond donors (Lipinski definition) is 0. The van der Waals surface area contributed by atoms with Gasteiger partial charge in [0.25, 0.3) is 0 Å². The van der Waals surface area contributed by atoms with Crippen LogP contribution < -0.4 is 0 Å². The van der Waals surface area contributed by atoms with Crippen molar-refractivity contribution in [2.75, 3.05) is 0 Å². The van der Waals surface area contributed by atoms with E-state index in [9.17, 15) is 0 Å². The molecule has 0 amide bonds. The average molecular weight is 816 g/mol. The lowest BCUT2D eigenvalue weighted by Crippen LogP contribution is -2.68. The van der Waals surface area contributed by atoms with E-state index in [0.717, 1.165) is 83.5 Å². The van der Waals surface area contributed by atoms with Crippen LogP contribution in [-0.2, 0) is 37.0 Å². The summed E-state index contributed by atoms with van der Waals surface area (Å²) in [5.41, 5.74) is 6.28. The Balaban J connectivity index is 0.000000133. The van der Waals surface area contributed by atoms with Crippen molar-refractivity contribution < 1.29 is 0 Å². The van der Waals surface area contributed by atoms with Gasteiger partial charge in [-0.15, -0.1) is 0 Å². The summed E-state index contributed by atoms with van der Waals surface area (Å²) in [5, 5.41) is 11.5. The van der Waals surface area contributed by atoms with E-state index in [0.29, 0.717) is 33.7 Å². The Hall–Kier alpha value is -4.28. The molecule has 58 heavy (non-hydrogen) atoms. The van der Waals surface area contributed by atoms with Crippen LogP contribution in [0.25, 0.3) is 0 Å². The van der Waals surface area contributed by atoms with E-state index >= 15 is 0 Å². The van der Waals surface area contributed by atoms with Crippen molar-refractivity contribution in [3.05, 3.63) is 129 Å². The van der Waals surface area contributed by atoms with E-state index in [1.165, 1.54) is 75.3 Å². The molecule has 300 valence electrons. The highest BCUT2D eigenvalue weighted by molar-refractivity contribution is 6.30. The molecule has 6 heterocycles. The molecule has 12 heteroatoms. The first kappa shape index (κ1) is 36.8. The Morgan fingerprint density at radius 1 is 0.569 bits per heavy atom. The fourth-order valence-corrected chi connectivity index (χ4v) is 12.4. The van der Waals surface area contributed by atoms with Crippen LogP contribution in [0.5, 0.6) is 0 Å². The third-order valence-electron chi connectivity index (χ3n) is 14.7. The summed E-state index contributed by atoms with van der Waals surface area (Å²) in [6, 6.07) is 16.5. The lowest BCUT2D eigenvalue weighted by molar-refractivity contribution is -0.187. The van der Waals surface area contributed by atoms with Gasteiger partial charge in [-0.1, -0.05) is 60.3 Å². The van der Waals surface area contributed by atoms with Crippen LogP contribution in [0.4, 0.5) is 0 Å². The zero-order chi connectivity index (χ0) is 39.3. The monoisotopic (exact) mass is 814 g/mol. The predicted molar refractivity (Wildman–Crippen MR) is 224 cm³/mol. The van der Waals surface area contributed by atoms with Crippen LogP contribution in [-0.4, -0.2) is 48.6 Å². The normalized spacial score (nSPS) is 30.2. The van der Waals surface area contributed by atoms with Gasteiger partial charge in [-0.2, -0.15) is 10.2 Å². The average Bonchev–Trinajstić information content (AvgIpc) is 3.92. The van der Waals surface area contributed by atoms with Crippen molar-refractivity contribution in [2.24, 2.45) is 10.8 Å². The molecule has 0 radical (unpaired) electrons. The zero-order valence-electron chi connectivity index (χ0n) is 33.6. The van der Waals surface area contributed by atoms with Crippen molar-refractivity contribution in [1.82, 2.24) is 48.6 Å². The van der Waals surface area contributed by atoms with Gasteiger partial charge in [0, 0.05) is 71.3 Å². The maximum atomic E-state index is 6.10. The molecule has 4 aromatic heterocycles. The van der Waals surface area contributed by atoms with Gasteiger partial charge in [-0.3, -0.25) is 0 Å². The smallest absolute Gasteiger partial charge is 0.151 e. The highest BCUT2D eigenvalue weighted by Crippen LogP contribution is 2.73. The molecule has 10 nitrogen and oxygen atoms in total. The molecule has 6 aromatic rings. The Bertz CT molecular complexity index is 2260. The van der Waals surface area contributed by atoms with Gasteiger partial charge in [-0.25, -0.2) is 29.3 Å². The molecule has 6 fully saturated rings. The number of aromatic nitrogens is 10. The molecule has 2 aromatic carbocycles. The minimum atomic E-state index is 0.323. The second-order valence-corrected chi connectivity index (χ2v) is 20.0. The molecule has 4 bridgehead atoms. The summed E-state index contributed by atoms with van der Waals surface area (Å²) in [7, 11) is 0. The van der Waals surface area contributed by atoms with E-state index < -0.39 is 0 Å². The fraction of sp³-hybridized carbons (Fsp3) is 0.522. The molecule has 0 spiro atoms. The fourth-order valence-electron chi connectivity index (χ4n) is 12.1. The van der Waals surface area contributed by atoms with Crippen molar-refractivity contribution in [1.29, 1.82) is 0 Å². The summed E-state index contributed by atoms with van der Waals surface area (Å²) >= 11 is 12.2. The molecular weight excluding hydrogens is 763 g/mol. The third kappa shape index (κ3) is 6.27. The van der Waals surface area contributed by atoms with Crippen LogP contribution in [0.3, 0.4) is 0 Å². The Morgan fingerprint density at radius 2 is 0.966 bits per heavy atom. The molecule has 6 aliphatic carbocycles. The number of fused-ring (bicyclic) bond motifs is 2. The lowest BCUT2D eigenvalue weighted by Gasteiger charge is -2.71. The van der Waals surface area contributed by atoms with Gasteiger partial charge in [0.2, 0.25) is 0 Å². The first-order valence-corrected chi connectivity index (χ1v) is 22.2. The first-order valence-electron chi connectivity index (χ1n) is 21.5. The molecule has 0 unspecified atom stereocenters. The number of hydrogen-bond acceptors (Lipinski definition) is 6. The maximum Gasteiger partial charge on any atom is 0.151 e. The van der Waals surface area contributed by atoms with E-state index in [-0.39, 0.29) is 0 Å². The van der Waals surface area contributed by atoms with Crippen molar-refractivity contribution in [3.8, 4) is 0 Å². The third-order valence-corrected chi connectivity index (χ3v) is 15.2. The summed E-state index contributed by atoms with van der Waals surface area (Å²) in [6.45, 7) is 6.10. The first-order chi connectivity index (χ1) is 28.1. The Morgan fingerprint density at radius 3 is 1.33 bits per heavy atom. The minimum Gasteiger partial charge on any atom is -0.331 e. The highest BCUT2D eigenvalue weighted by atomic mass is 35.5. The van der Waals surface area contributed by atoms with Crippen LogP contribution >= 0.6 is 23.2 Å².